The maximum atomic E-state index is 12.9. The van der Waals surface area contributed by atoms with E-state index in [0.717, 1.165) is 43.7 Å². The second-order valence-corrected chi connectivity index (χ2v) is 7.56. The molecular weight excluding hydrogens is 338 g/mol. The van der Waals surface area contributed by atoms with Crippen LogP contribution in [0.15, 0.2) is 48.5 Å². The summed E-state index contributed by atoms with van der Waals surface area (Å²) in [5, 5.41) is 2.87. The van der Waals surface area contributed by atoms with E-state index in [1.165, 1.54) is 5.56 Å². The Balaban J connectivity index is 1.40. The molecule has 4 rings (SSSR count). The minimum absolute atomic E-state index is 0.0451. The van der Waals surface area contributed by atoms with Crippen LogP contribution in [-0.2, 0) is 11.2 Å². The van der Waals surface area contributed by atoms with Gasteiger partial charge in [0.2, 0.25) is 5.91 Å². The fraction of sp³-hybridized carbons (Fsp3) is 0.364. The number of piperidine rings is 1. The van der Waals surface area contributed by atoms with Gasteiger partial charge in [0.15, 0.2) is 0 Å². The van der Waals surface area contributed by atoms with Gasteiger partial charge < -0.3 is 15.1 Å². The molecule has 1 saturated heterocycles. The van der Waals surface area contributed by atoms with Gasteiger partial charge in [0.1, 0.15) is 0 Å². The van der Waals surface area contributed by atoms with Gasteiger partial charge in [-0.05, 0) is 48.9 Å². The maximum absolute atomic E-state index is 12.9. The lowest BCUT2D eigenvalue weighted by molar-refractivity contribution is -0.115. The second kappa shape index (κ2) is 7.43. The molecule has 2 aliphatic heterocycles. The smallest absolute Gasteiger partial charge is 0.253 e. The van der Waals surface area contributed by atoms with Crippen LogP contribution in [0.25, 0.3) is 0 Å². The molecule has 0 aliphatic carbocycles. The van der Waals surface area contributed by atoms with Crippen LogP contribution in [0.1, 0.15) is 28.8 Å². The number of likely N-dealkylation sites (tertiary alicyclic amines) is 1. The summed E-state index contributed by atoms with van der Waals surface area (Å²) in [6.45, 7) is 1.93. The van der Waals surface area contributed by atoms with Crippen molar-refractivity contribution in [1.82, 2.24) is 4.90 Å². The summed E-state index contributed by atoms with van der Waals surface area (Å²) in [6.07, 6.45) is 3.15. The SMILES string of the molecule is CN1CC(=O)Nc2cc(C(=O)N3CCC(Cc4ccccc4)CC3)ccc21. The summed E-state index contributed by atoms with van der Waals surface area (Å²) in [7, 11) is 1.89. The predicted molar refractivity (Wildman–Crippen MR) is 107 cm³/mol. The Morgan fingerprint density at radius 3 is 2.59 bits per heavy atom. The van der Waals surface area contributed by atoms with E-state index < -0.39 is 0 Å². The molecule has 1 fully saturated rings. The molecule has 0 spiro atoms. The largest absolute Gasteiger partial charge is 0.364 e. The molecule has 5 nitrogen and oxygen atoms in total. The standard InChI is InChI=1S/C22H25N3O2/c1-24-15-21(26)23-19-14-18(7-8-20(19)24)22(27)25-11-9-17(10-12-25)13-16-5-3-2-4-6-16/h2-8,14,17H,9-13,15H2,1H3,(H,23,26). The topological polar surface area (TPSA) is 52.7 Å². The van der Waals surface area contributed by atoms with Gasteiger partial charge in [-0.25, -0.2) is 0 Å². The fourth-order valence-corrected chi connectivity index (χ4v) is 4.06. The number of nitrogens with one attached hydrogen (secondary N) is 1. The molecule has 0 unspecified atom stereocenters. The van der Waals surface area contributed by atoms with E-state index in [0.29, 0.717) is 18.0 Å². The van der Waals surface area contributed by atoms with Crippen LogP contribution in [0.3, 0.4) is 0 Å². The first-order chi connectivity index (χ1) is 13.1. The third-order valence-electron chi connectivity index (χ3n) is 5.58. The van der Waals surface area contributed by atoms with E-state index in [9.17, 15) is 9.59 Å². The molecule has 0 aromatic heterocycles. The number of benzene rings is 2. The van der Waals surface area contributed by atoms with E-state index in [1.54, 1.807) is 6.07 Å². The molecule has 0 saturated carbocycles. The molecule has 2 heterocycles. The molecule has 1 N–H and O–H groups in total. The highest BCUT2D eigenvalue weighted by atomic mass is 16.2. The molecule has 2 aromatic rings. The molecular formula is C22H25N3O2. The minimum atomic E-state index is -0.0451. The maximum Gasteiger partial charge on any atom is 0.253 e. The van der Waals surface area contributed by atoms with Crippen molar-refractivity contribution in [1.29, 1.82) is 0 Å². The average Bonchev–Trinajstić information content (AvgIpc) is 2.68. The Kier molecular flexibility index (Phi) is 4.84. The summed E-state index contributed by atoms with van der Waals surface area (Å²) in [5.74, 6) is 0.641. The number of rotatable bonds is 3. The summed E-state index contributed by atoms with van der Waals surface area (Å²) in [6, 6.07) is 16.2. The lowest BCUT2D eigenvalue weighted by Gasteiger charge is -2.33. The van der Waals surface area contributed by atoms with Crippen LogP contribution >= 0.6 is 0 Å². The van der Waals surface area contributed by atoms with Crippen molar-refractivity contribution < 1.29 is 9.59 Å². The van der Waals surface area contributed by atoms with E-state index in [1.807, 2.05) is 35.0 Å². The third kappa shape index (κ3) is 3.82. The zero-order valence-corrected chi connectivity index (χ0v) is 15.6. The number of nitrogens with zero attached hydrogens (tertiary/aromatic N) is 2. The van der Waals surface area contributed by atoms with Crippen molar-refractivity contribution in [3.63, 3.8) is 0 Å². The van der Waals surface area contributed by atoms with Gasteiger partial charge >= 0.3 is 0 Å². The Morgan fingerprint density at radius 2 is 1.85 bits per heavy atom. The van der Waals surface area contributed by atoms with Gasteiger partial charge in [-0.3, -0.25) is 9.59 Å². The number of amides is 2. The van der Waals surface area contributed by atoms with Crippen molar-refractivity contribution in [3.05, 3.63) is 59.7 Å². The van der Waals surface area contributed by atoms with Gasteiger partial charge in [-0.15, -0.1) is 0 Å². The van der Waals surface area contributed by atoms with E-state index in [4.69, 9.17) is 0 Å². The van der Waals surface area contributed by atoms with Gasteiger partial charge in [-0.1, -0.05) is 30.3 Å². The molecule has 0 radical (unpaired) electrons. The zero-order chi connectivity index (χ0) is 18.8. The number of likely N-dealkylation sites (N-methyl/N-ethyl adjacent to an activating group) is 1. The highest BCUT2D eigenvalue weighted by Gasteiger charge is 2.26. The molecule has 0 bridgehead atoms. The van der Waals surface area contributed by atoms with Gasteiger partial charge in [0.05, 0.1) is 17.9 Å². The van der Waals surface area contributed by atoms with Crippen molar-refractivity contribution in [2.24, 2.45) is 5.92 Å². The second-order valence-electron chi connectivity index (χ2n) is 7.56. The lowest BCUT2D eigenvalue weighted by atomic mass is 9.90. The first-order valence-electron chi connectivity index (χ1n) is 9.58. The number of carbonyl (C=O) groups excluding carboxylic acids is 2. The average molecular weight is 363 g/mol. The summed E-state index contributed by atoms with van der Waals surface area (Å²) in [5.41, 5.74) is 3.69. The van der Waals surface area contributed by atoms with Gasteiger partial charge in [-0.2, -0.15) is 0 Å². The monoisotopic (exact) mass is 363 g/mol. The molecule has 2 amide bonds. The lowest BCUT2D eigenvalue weighted by Crippen LogP contribution is -2.39. The molecule has 2 aliphatic rings. The fourth-order valence-electron chi connectivity index (χ4n) is 4.06. The normalized spacial score (nSPS) is 17.4. The Labute approximate surface area is 160 Å². The van der Waals surface area contributed by atoms with Crippen molar-refractivity contribution >= 4 is 23.2 Å². The predicted octanol–water partition coefficient (Wildman–Crippen LogP) is 3.17. The quantitative estimate of drug-likeness (QED) is 0.911. The highest BCUT2D eigenvalue weighted by Crippen LogP contribution is 2.30. The summed E-state index contributed by atoms with van der Waals surface area (Å²) < 4.78 is 0. The van der Waals surface area contributed by atoms with Gasteiger partial charge in [0.25, 0.3) is 5.91 Å². The van der Waals surface area contributed by atoms with Crippen molar-refractivity contribution in [2.45, 2.75) is 19.3 Å². The van der Waals surface area contributed by atoms with E-state index in [-0.39, 0.29) is 11.8 Å². The number of hydrogen-bond donors (Lipinski definition) is 1. The van der Waals surface area contributed by atoms with Crippen LogP contribution in [0.4, 0.5) is 11.4 Å². The van der Waals surface area contributed by atoms with Crippen molar-refractivity contribution in [2.75, 3.05) is 36.9 Å². The molecule has 0 atom stereocenters. The van der Waals surface area contributed by atoms with Crippen LogP contribution in [-0.4, -0.2) is 43.4 Å². The third-order valence-corrected chi connectivity index (χ3v) is 5.58. The first kappa shape index (κ1) is 17.6. The van der Waals surface area contributed by atoms with Gasteiger partial charge in [0, 0.05) is 25.7 Å². The van der Waals surface area contributed by atoms with E-state index in [2.05, 4.69) is 29.6 Å². The minimum Gasteiger partial charge on any atom is -0.364 e. The van der Waals surface area contributed by atoms with Crippen LogP contribution < -0.4 is 10.2 Å². The Hall–Kier alpha value is -2.82. The Bertz CT molecular complexity index is 842. The first-order valence-corrected chi connectivity index (χ1v) is 9.58. The molecule has 27 heavy (non-hydrogen) atoms. The zero-order valence-electron chi connectivity index (χ0n) is 15.6. The van der Waals surface area contributed by atoms with E-state index >= 15 is 0 Å². The number of fused-ring (bicyclic) bond motifs is 1. The summed E-state index contributed by atoms with van der Waals surface area (Å²) in [4.78, 5) is 28.5. The van der Waals surface area contributed by atoms with Crippen LogP contribution in [0.5, 0.6) is 0 Å². The number of hydrogen-bond acceptors (Lipinski definition) is 3. The number of carbonyl (C=O) groups is 2. The molecule has 2 aromatic carbocycles. The summed E-state index contributed by atoms with van der Waals surface area (Å²) >= 11 is 0. The highest BCUT2D eigenvalue weighted by molar-refractivity contribution is 6.03. The van der Waals surface area contributed by atoms with Crippen LogP contribution in [0, 0.1) is 5.92 Å². The molecule has 5 heteroatoms. The Morgan fingerprint density at radius 1 is 1.11 bits per heavy atom. The number of anilines is 2. The van der Waals surface area contributed by atoms with Crippen molar-refractivity contribution in [3.8, 4) is 0 Å². The van der Waals surface area contributed by atoms with Crippen LogP contribution in [0.2, 0.25) is 0 Å². The molecule has 140 valence electrons.